The number of carbonyl (C=O) groups excluding carboxylic acids is 1. The zero-order valence-electron chi connectivity index (χ0n) is 26.5. The van der Waals surface area contributed by atoms with Gasteiger partial charge in [-0.2, -0.15) is 4.91 Å². The molecule has 1 N–H and O–H groups in total. The third-order valence-electron chi connectivity index (χ3n) is 8.06. The maximum Gasteiger partial charge on any atom is 0.257 e. The first-order valence-electron chi connectivity index (χ1n) is 15.8. The van der Waals surface area contributed by atoms with Crippen LogP contribution in [0.15, 0.2) is 5.18 Å². The van der Waals surface area contributed by atoms with Gasteiger partial charge in [-0.05, 0) is 71.6 Å². The fraction of sp³-hybridized carbons (Fsp3) is 0.969. The molecule has 1 aliphatic carbocycles. The molecule has 2 heterocycles. The quantitative estimate of drug-likeness (QED) is 0.359. The van der Waals surface area contributed by atoms with Gasteiger partial charge in [-0.15, -0.1) is 0 Å². The molecule has 38 heavy (non-hydrogen) atoms. The first-order valence-corrected chi connectivity index (χ1v) is 15.8. The zero-order valence-corrected chi connectivity index (χ0v) is 26.5. The number of hydrogen-bond acceptors (Lipinski definition) is 5. The minimum Gasteiger partial charge on any atom is -0.339 e. The Morgan fingerprint density at radius 3 is 1.63 bits per heavy atom. The van der Waals surface area contributed by atoms with E-state index in [0.717, 1.165) is 31.6 Å². The number of hydrogen-bond donors (Lipinski definition) is 1. The molecule has 222 valence electrons. The van der Waals surface area contributed by atoms with E-state index in [1.807, 2.05) is 4.90 Å². The highest BCUT2D eigenvalue weighted by atomic mass is 16.6. The van der Waals surface area contributed by atoms with E-state index >= 15 is 0 Å². The summed E-state index contributed by atoms with van der Waals surface area (Å²) in [4.78, 5) is 28.2. The number of nitroso groups, excluding NO2 is 1. The van der Waals surface area contributed by atoms with Gasteiger partial charge in [-0.25, -0.2) is 0 Å². The molecule has 2 saturated heterocycles. The van der Waals surface area contributed by atoms with E-state index in [-0.39, 0.29) is 23.0 Å². The number of amides is 1. The molecule has 3 fully saturated rings. The Balaban J connectivity index is 0.00000118. The Kier molecular flexibility index (Phi) is 12.3. The third-order valence-corrected chi connectivity index (χ3v) is 8.06. The van der Waals surface area contributed by atoms with Gasteiger partial charge in [-0.1, -0.05) is 84.7 Å². The Hall–Kier alpha value is -1.01. The molecule has 0 radical (unpaired) electrons. The van der Waals surface area contributed by atoms with Crippen LogP contribution in [-0.4, -0.2) is 45.8 Å². The summed E-state index contributed by atoms with van der Waals surface area (Å²) < 4.78 is 7.16. The molecule has 1 amide bonds. The molecule has 6 nitrogen and oxygen atoms in total. The Morgan fingerprint density at radius 2 is 1.24 bits per heavy atom. The maximum absolute atomic E-state index is 14.4. The van der Waals surface area contributed by atoms with Crippen LogP contribution in [0.3, 0.4) is 0 Å². The minimum atomic E-state index is -0.833. The molecular formula is C32H61N3O3. The summed E-state index contributed by atoms with van der Waals surface area (Å²) >= 11 is 0. The molecule has 0 aromatic carbocycles. The van der Waals surface area contributed by atoms with Gasteiger partial charge in [0.25, 0.3) is 5.91 Å². The molecule has 0 aromatic heterocycles. The highest BCUT2D eigenvalue weighted by molar-refractivity contribution is 5.88. The van der Waals surface area contributed by atoms with E-state index in [1.54, 1.807) is 0 Å². The van der Waals surface area contributed by atoms with Crippen LogP contribution in [0.2, 0.25) is 0 Å². The predicted octanol–water partition coefficient (Wildman–Crippen LogP) is 8.37. The van der Waals surface area contributed by atoms with E-state index < -0.39 is 11.3 Å². The monoisotopic (exact) mass is 535 g/mol. The summed E-state index contributed by atoms with van der Waals surface area (Å²) in [6, 6.07) is -0.385. The molecule has 1 atom stereocenters. The molecule has 0 bridgehead atoms. The summed E-state index contributed by atoms with van der Waals surface area (Å²) in [5.41, 5.74) is -1.86. The van der Waals surface area contributed by atoms with Crippen LogP contribution in [-0.2, 0) is 9.53 Å². The van der Waals surface area contributed by atoms with Gasteiger partial charge in [0.2, 0.25) is 0 Å². The Morgan fingerprint density at radius 1 is 0.816 bits per heavy atom. The lowest BCUT2D eigenvalue weighted by atomic mass is 9.72. The summed E-state index contributed by atoms with van der Waals surface area (Å²) in [6.07, 6.45) is 14.7. The van der Waals surface area contributed by atoms with E-state index in [9.17, 15) is 9.70 Å². The molecule has 2 spiro atoms. The maximum atomic E-state index is 14.4. The van der Waals surface area contributed by atoms with E-state index in [0.29, 0.717) is 31.7 Å². The van der Waals surface area contributed by atoms with Gasteiger partial charge in [-0.3, -0.25) is 4.79 Å². The zero-order chi connectivity index (χ0) is 28.6. The van der Waals surface area contributed by atoms with Crippen LogP contribution in [0.4, 0.5) is 0 Å². The van der Waals surface area contributed by atoms with Crippen molar-refractivity contribution in [3.8, 4) is 0 Å². The fourth-order valence-electron chi connectivity index (χ4n) is 7.30. The average Bonchev–Trinajstić information content (AvgIpc) is 2.94. The predicted molar refractivity (Wildman–Crippen MR) is 159 cm³/mol. The topological polar surface area (TPSA) is 71.0 Å². The summed E-state index contributed by atoms with van der Waals surface area (Å²) in [7, 11) is 0. The van der Waals surface area contributed by atoms with Crippen molar-refractivity contribution in [2.75, 3.05) is 6.54 Å². The van der Waals surface area contributed by atoms with E-state index in [2.05, 4.69) is 72.8 Å². The normalized spacial score (nSPS) is 26.0. The third kappa shape index (κ3) is 9.57. The largest absolute Gasteiger partial charge is 0.339 e. The van der Waals surface area contributed by atoms with Crippen molar-refractivity contribution in [1.29, 1.82) is 0 Å². The van der Waals surface area contributed by atoms with Gasteiger partial charge in [0.05, 0.1) is 0 Å². The van der Waals surface area contributed by atoms with E-state index in [4.69, 9.17) is 4.74 Å². The molecule has 3 aliphatic rings. The minimum absolute atomic E-state index is 0.0969. The van der Waals surface area contributed by atoms with Crippen molar-refractivity contribution in [3.63, 3.8) is 0 Å². The Labute approximate surface area is 234 Å². The number of nitrogens with zero attached hydrogens (tertiary/aromatic N) is 2. The SMILES string of the molecule is CC(C)C.CC(C)CC(CN1C(=O)C2(CC(C)(C)NC(C)(C)C2)OC12CCCCCCCCCCC2)N=O. The lowest BCUT2D eigenvalue weighted by Crippen LogP contribution is -2.65. The van der Waals surface area contributed by atoms with Gasteiger partial charge < -0.3 is 15.0 Å². The molecule has 1 saturated carbocycles. The number of ether oxygens (including phenoxy) is 1. The lowest BCUT2D eigenvalue weighted by molar-refractivity contribution is -0.177. The molecule has 1 unspecified atom stereocenters. The van der Waals surface area contributed by atoms with Crippen LogP contribution < -0.4 is 5.32 Å². The Bertz CT molecular complexity index is 715. The summed E-state index contributed by atoms with van der Waals surface area (Å²) in [5.74, 6) is 1.29. The molecule has 0 aromatic rings. The fourth-order valence-corrected chi connectivity index (χ4v) is 7.30. The summed E-state index contributed by atoms with van der Waals surface area (Å²) in [6.45, 7) is 19.8. The number of rotatable bonds is 5. The number of piperidine rings is 1. The van der Waals surface area contributed by atoms with Crippen molar-refractivity contribution in [2.24, 2.45) is 17.0 Å². The second-order valence-electron chi connectivity index (χ2n) is 15.0. The highest BCUT2D eigenvalue weighted by Gasteiger charge is 2.64. The van der Waals surface area contributed by atoms with Crippen LogP contribution in [0.25, 0.3) is 0 Å². The number of nitrogens with one attached hydrogen (secondary N) is 1. The van der Waals surface area contributed by atoms with Crippen molar-refractivity contribution in [1.82, 2.24) is 10.2 Å². The average molecular weight is 536 g/mol. The van der Waals surface area contributed by atoms with Gasteiger partial charge in [0.15, 0.2) is 5.60 Å². The standard InChI is InChI=1S/C28H51N3O3.C4H10/c1-22(2)18-23(29-33)19-31-24(32)27(20-25(3,4)30-26(5,6)21-27)34-28(31)16-14-12-10-8-7-9-11-13-15-17-28;1-4(2)3/h22-23,30H,7-21H2,1-6H3;4H,1-3H3. The van der Waals surface area contributed by atoms with Crippen molar-refractivity contribution in [3.05, 3.63) is 4.91 Å². The first-order chi connectivity index (χ1) is 17.7. The van der Waals surface area contributed by atoms with Crippen LogP contribution in [0.5, 0.6) is 0 Å². The molecular weight excluding hydrogens is 474 g/mol. The second-order valence-corrected chi connectivity index (χ2v) is 15.0. The smallest absolute Gasteiger partial charge is 0.257 e. The van der Waals surface area contributed by atoms with Crippen LogP contribution >= 0.6 is 0 Å². The molecule has 6 heteroatoms. The lowest BCUT2D eigenvalue weighted by Gasteiger charge is -2.50. The number of carbonyl (C=O) groups is 1. The van der Waals surface area contributed by atoms with Gasteiger partial charge in [0, 0.05) is 30.5 Å². The van der Waals surface area contributed by atoms with Crippen LogP contribution in [0, 0.1) is 16.7 Å². The van der Waals surface area contributed by atoms with Crippen LogP contribution in [0.1, 0.15) is 152 Å². The molecule has 2 aliphatic heterocycles. The van der Waals surface area contributed by atoms with Gasteiger partial charge in [0.1, 0.15) is 11.8 Å². The van der Waals surface area contributed by atoms with Crippen molar-refractivity contribution >= 4 is 5.91 Å². The summed E-state index contributed by atoms with van der Waals surface area (Å²) in [5, 5.41) is 7.21. The van der Waals surface area contributed by atoms with E-state index in [1.165, 1.54) is 44.9 Å². The first kappa shape index (κ1) is 33.2. The van der Waals surface area contributed by atoms with Crippen molar-refractivity contribution < 1.29 is 9.53 Å². The van der Waals surface area contributed by atoms with Gasteiger partial charge >= 0.3 is 0 Å². The second kappa shape index (κ2) is 14.1. The van der Waals surface area contributed by atoms with Crippen molar-refractivity contribution in [2.45, 2.75) is 181 Å². The molecule has 3 rings (SSSR count). The highest BCUT2D eigenvalue weighted by Crippen LogP contribution is 2.51.